The highest BCUT2D eigenvalue weighted by Crippen LogP contribution is 2.32. The Labute approximate surface area is 130 Å². The van der Waals surface area contributed by atoms with E-state index in [0.717, 1.165) is 12.8 Å². The third-order valence-electron chi connectivity index (χ3n) is 4.28. The zero-order valence-corrected chi connectivity index (χ0v) is 12.8. The Hall–Kier alpha value is -2.30. The van der Waals surface area contributed by atoms with Crippen LogP contribution in [0.3, 0.4) is 0 Å². The van der Waals surface area contributed by atoms with Crippen LogP contribution in [0.4, 0.5) is 0 Å². The van der Waals surface area contributed by atoms with Crippen molar-refractivity contribution < 1.29 is 9.53 Å². The van der Waals surface area contributed by atoms with Gasteiger partial charge in [-0.2, -0.15) is 0 Å². The van der Waals surface area contributed by atoms with Gasteiger partial charge in [0, 0.05) is 6.20 Å². The standard InChI is InChI=1S/C17H18BNO3/c1-2-22-17(21)13-6-4-10-19(16(13)20)15-9-8-11-12(15)5-3-7-14(11)18/h3-7,10,15H,2,8-9,18H2,1H3. The van der Waals surface area contributed by atoms with E-state index in [9.17, 15) is 9.59 Å². The lowest BCUT2D eigenvalue weighted by Gasteiger charge is -2.16. The van der Waals surface area contributed by atoms with E-state index < -0.39 is 5.97 Å². The predicted molar refractivity (Wildman–Crippen MR) is 87.7 cm³/mol. The molecule has 0 fully saturated rings. The summed E-state index contributed by atoms with van der Waals surface area (Å²) in [7, 11) is 2.10. The van der Waals surface area contributed by atoms with Gasteiger partial charge in [0.1, 0.15) is 13.4 Å². The lowest BCUT2D eigenvalue weighted by atomic mass is 9.88. The second kappa shape index (κ2) is 5.83. The molecule has 1 unspecified atom stereocenters. The monoisotopic (exact) mass is 295 g/mol. The Morgan fingerprint density at radius 2 is 2.18 bits per heavy atom. The Morgan fingerprint density at radius 1 is 1.36 bits per heavy atom. The molecule has 0 spiro atoms. The number of carbonyl (C=O) groups is 1. The average Bonchev–Trinajstić information content (AvgIpc) is 2.93. The molecule has 0 saturated heterocycles. The van der Waals surface area contributed by atoms with Gasteiger partial charge in [0.25, 0.3) is 5.56 Å². The van der Waals surface area contributed by atoms with Gasteiger partial charge >= 0.3 is 5.97 Å². The minimum atomic E-state index is -0.552. The molecule has 0 radical (unpaired) electrons. The molecule has 5 heteroatoms. The third-order valence-corrected chi connectivity index (χ3v) is 4.28. The number of carbonyl (C=O) groups excluding carboxylic acids is 1. The van der Waals surface area contributed by atoms with Crippen LogP contribution >= 0.6 is 0 Å². The minimum Gasteiger partial charge on any atom is -0.462 e. The molecule has 0 N–H and O–H groups in total. The molecule has 1 aliphatic rings. The van der Waals surface area contributed by atoms with Crippen LogP contribution in [0.1, 0.15) is 40.9 Å². The highest BCUT2D eigenvalue weighted by Gasteiger charge is 2.26. The molecule has 1 aromatic heterocycles. The summed E-state index contributed by atoms with van der Waals surface area (Å²) in [6.45, 7) is 1.99. The van der Waals surface area contributed by atoms with E-state index in [-0.39, 0.29) is 23.8 Å². The van der Waals surface area contributed by atoms with Gasteiger partial charge < -0.3 is 9.30 Å². The minimum absolute atomic E-state index is 0.00298. The summed E-state index contributed by atoms with van der Waals surface area (Å²) in [6, 6.07) is 9.45. The topological polar surface area (TPSA) is 48.3 Å². The average molecular weight is 295 g/mol. The smallest absolute Gasteiger partial charge is 0.343 e. The van der Waals surface area contributed by atoms with Crippen molar-refractivity contribution in [2.24, 2.45) is 0 Å². The number of benzene rings is 1. The summed E-state index contributed by atoms with van der Waals surface area (Å²) in [5.74, 6) is -0.552. The van der Waals surface area contributed by atoms with Gasteiger partial charge in [0.2, 0.25) is 0 Å². The summed E-state index contributed by atoms with van der Waals surface area (Å²) in [6.07, 6.45) is 3.60. The number of nitrogens with zero attached hydrogens (tertiary/aromatic N) is 1. The number of hydrogen-bond acceptors (Lipinski definition) is 3. The van der Waals surface area contributed by atoms with Crippen LogP contribution in [0.5, 0.6) is 0 Å². The number of aromatic nitrogens is 1. The molecule has 1 aromatic carbocycles. The molecule has 0 saturated carbocycles. The molecule has 1 heterocycles. The fraction of sp³-hybridized carbons (Fsp3) is 0.294. The molecule has 4 nitrogen and oxygen atoms in total. The van der Waals surface area contributed by atoms with Crippen molar-refractivity contribution >= 4 is 19.3 Å². The van der Waals surface area contributed by atoms with Crippen LogP contribution in [-0.4, -0.2) is 25.0 Å². The summed E-state index contributed by atoms with van der Waals surface area (Å²) >= 11 is 0. The highest BCUT2D eigenvalue weighted by atomic mass is 16.5. The zero-order chi connectivity index (χ0) is 15.7. The van der Waals surface area contributed by atoms with Crippen LogP contribution in [0.15, 0.2) is 41.3 Å². The van der Waals surface area contributed by atoms with Gasteiger partial charge in [-0.15, -0.1) is 0 Å². The van der Waals surface area contributed by atoms with Crippen LogP contribution in [0.2, 0.25) is 0 Å². The first kappa shape index (κ1) is 14.6. The van der Waals surface area contributed by atoms with Crippen molar-refractivity contribution in [3.05, 3.63) is 63.6 Å². The van der Waals surface area contributed by atoms with E-state index in [1.807, 2.05) is 6.07 Å². The molecule has 112 valence electrons. The fourth-order valence-electron chi connectivity index (χ4n) is 3.22. The molecule has 2 aromatic rings. The highest BCUT2D eigenvalue weighted by molar-refractivity contribution is 6.33. The molecular formula is C17H18BNO3. The Bertz CT molecular complexity index is 782. The molecule has 0 amide bonds. The first-order chi connectivity index (χ1) is 10.6. The van der Waals surface area contributed by atoms with Crippen molar-refractivity contribution in [3.63, 3.8) is 0 Å². The number of ether oxygens (including phenoxy) is 1. The van der Waals surface area contributed by atoms with Crippen molar-refractivity contribution in [2.75, 3.05) is 6.61 Å². The molecular weight excluding hydrogens is 277 g/mol. The largest absolute Gasteiger partial charge is 0.462 e. The number of esters is 1. The van der Waals surface area contributed by atoms with Crippen molar-refractivity contribution in [3.8, 4) is 0 Å². The summed E-state index contributed by atoms with van der Waals surface area (Å²) in [5, 5.41) is 0. The quantitative estimate of drug-likeness (QED) is 0.622. The van der Waals surface area contributed by atoms with E-state index in [2.05, 4.69) is 20.0 Å². The number of fused-ring (bicyclic) bond motifs is 1. The van der Waals surface area contributed by atoms with Gasteiger partial charge in [-0.05, 0) is 43.0 Å². The summed E-state index contributed by atoms with van der Waals surface area (Å²) in [5.41, 5.74) is 3.59. The second-order valence-electron chi connectivity index (χ2n) is 5.55. The summed E-state index contributed by atoms with van der Waals surface area (Å²) in [4.78, 5) is 24.5. The molecule has 1 atom stereocenters. The van der Waals surface area contributed by atoms with Gasteiger partial charge in [0.05, 0.1) is 12.6 Å². The van der Waals surface area contributed by atoms with Crippen molar-refractivity contribution in [1.82, 2.24) is 4.57 Å². The SMILES string of the molecule is Bc1cccc2c1CCC2n1cccc(C(=O)OCC)c1=O. The van der Waals surface area contributed by atoms with Gasteiger partial charge in [0.15, 0.2) is 0 Å². The van der Waals surface area contributed by atoms with E-state index in [1.165, 1.54) is 22.7 Å². The molecule has 0 aliphatic heterocycles. The molecule has 3 rings (SSSR count). The van der Waals surface area contributed by atoms with E-state index >= 15 is 0 Å². The fourth-order valence-corrected chi connectivity index (χ4v) is 3.22. The lowest BCUT2D eigenvalue weighted by Crippen LogP contribution is -2.29. The van der Waals surface area contributed by atoms with E-state index in [4.69, 9.17) is 4.74 Å². The predicted octanol–water partition coefficient (Wildman–Crippen LogP) is 0.819. The molecule has 22 heavy (non-hydrogen) atoms. The van der Waals surface area contributed by atoms with Crippen molar-refractivity contribution in [2.45, 2.75) is 25.8 Å². The lowest BCUT2D eigenvalue weighted by molar-refractivity contribution is 0.0523. The second-order valence-corrected chi connectivity index (χ2v) is 5.55. The third kappa shape index (κ3) is 2.37. The Kier molecular flexibility index (Phi) is 3.88. The normalized spacial score (nSPS) is 16.3. The molecule has 0 bridgehead atoms. The zero-order valence-electron chi connectivity index (χ0n) is 12.8. The number of rotatable bonds is 3. The number of pyridine rings is 1. The van der Waals surface area contributed by atoms with E-state index in [1.54, 1.807) is 23.8 Å². The van der Waals surface area contributed by atoms with Crippen LogP contribution < -0.4 is 11.0 Å². The Balaban J connectivity index is 2.05. The first-order valence-electron chi connectivity index (χ1n) is 7.60. The summed E-state index contributed by atoms with van der Waals surface area (Å²) < 4.78 is 6.63. The van der Waals surface area contributed by atoms with Gasteiger partial charge in [-0.3, -0.25) is 4.79 Å². The maximum Gasteiger partial charge on any atom is 0.343 e. The number of hydrogen-bond donors (Lipinski definition) is 0. The molecule has 1 aliphatic carbocycles. The van der Waals surface area contributed by atoms with E-state index in [0.29, 0.717) is 0 Å². The maximum absolute atomic E-state index is 12.6. The Morgan fingerprint density at radius 3 is 2.95 bits per heavy atom. The van der Waals surface area contributed by atoms with Gasteiger partial charge in [-0.25, -0.2) is 4.79 Å². The van der Waals surface area contributed by atoms with Crippen LogP contribution in [-0.2, 0) is 11.2 Å². The first-order valence-corrected chi connectivity index (χ1v) is 7.60. The van der Waals surface area contributed by atoms with Gasteiger partial charge in [-0.1, -0.05) is 23.7 Å². The van der Waals surface area contributed by atoms with Crippen LogP contribution in [0.25, 0.3) is 0 Å². The maximum atomic E-state index is 12.6. The van der Waals surface area contributed by atoms with Crippen LogP contribution in [0, 0.1) is 0 Å². The van der Waals surface area contributed by atoms with Crippen molar-refractivity contribution in [1.29, 1.82) is 0 Å².